The smallest absolute Gasteiger partial charge is 0.253 e. The van der Waals surface area contributed by atoms with Gasteiger partial charge in [0.05, 0.1) is 24.3 Å². The first kappa shape index (κ1) is 28.0. The number of hydrogen-bond donors (Lipinski definition) is 1. The predicted molar refractivity (Wildman–Crippen MR) is 156 cm³/mol. The molecule has 1 aliphatic heterocycles. The molecule has 5 rings (SSSR count). The minimum atomic E-state index is -0.499. The molecule has 40 heavy (non-hydrogen) atoms. The average Bonchev–Trinajstić information content (AvgIpc) is 3.63. The molecule has 1 N–H and O–H groups in total. The number of pyridine rings is 1. The zero-order valence-corrected chi connectivity index (χ0v) is 24.4. The Morgan fingerprint density at radius 2 is 1.98 bits per heavy atom. The van der Waals surface area contributed by atoms with Gasteiger partial charge in [-0.15, -0.1) is 5.10 Å². The van der Waals surface area contributed by atoms with Gasteiger partial charge in [0.1, 0.15) is 11.8 Å². The van der Waals surface area contributed by atoms with Crippen molar-refractivity contribution in [2.24, 2.45) is 0 Å². The first-order valence-electron chi connectivity index (χ1n) is 14.1. The fourth-order valence-corrected chi connectivity index (χ4v) is 5.63. The molecular weight excluding hydrogens is 504 g/mol. The predicted octanol–water partition coefficient (Wildman–Crippen LogP) is 5.06. The molecule has 0 bridgehead atoms. The van der Waals surface area contributed by atoms with Crippen LogP contribution in [0.2, 0.25) is 0 Å². The van der Waals surface area contributed by atoms with Gasteiger partial charge in [-0.2, -0.15) is 0 Å². The van der Waals surface area contributed by atoms with Crippen LogP contribution in [0, 0.1) is 13.8 Å². The van der Waals surface area contributed by atoms with Gasteiger partial charge in [0, 0.05) is 25.3 Å². The molecule has 0 radical (unpaired) electrons. The third-order valence-corrected chi connectivity index (χ3v) is 8.17. The van der Waals surface area contributed by atoms with Crippen molar-refractivity contribution >= 4 is 10.9 Å². The van der Waals surface area contributed by atoms with Crippen LogP contribution in [-0.2, 0) is 16.8 Å². The van der Waals surface area contributed by atoms with Crippen LogP contribution >= 0.6 is 0 Å². The lowest BCUT2D eigenvalue weighted by molar-refractivity contribution is 0.0562. The molecule has 0 saturated carbocycles. The number of nitrogens with zero attached hydrogens (tertiary/aromatic N) is 5. The molecule has 0 unspecified atom stereocenters. The summed E-state index contributed by atoms with van der Waals surface area (Å²) in [5, 5.41) is 14.1. The number of methoxy groups -OCH3 is 1. The van der Waals surface area contributed by atoms with Gasteiger partial charge in [0.2, 0.25) is 0 Å². The lowest BCUT2D eigenvalue weighted by atomic mass is 9.97. The quantitative estimate of drug-likeness (QED) is 0.298. The largest absolute Gasteiger partial charge is 0.497 e. The molecule has 2 aromatic carbocycles. The van der Waals surface area contributed by atoms with E-state index >= 15 is 0 Å². The van der Waals surface area contributed by atoms with Gasteiger partial charge >= 0.3 is 0 Å². The normalized spacial score (nSPS) is 16.6. The number of fused-ring (bicyclic) bond motifs is 1. The van der Waals surface area contributed by atoms with Crippen molar-refractivity contribution in [1.29, 1.82) is 0 Å². The van der Waals surface area contributed by atoms with Crippen molar-refractivity contribution < 1.29 is 9.47 Å². The van der Waals surface area contributed by atoms with Crippen LogP contribution in [0.15, 0.2) is 47.3 Å². The van der Waals surface area contributed by atoms with E-state index in [1.54, 1.807) is 7.11 Å². The molecule has 1 aliphatic rings. The second-order valence-electron chi connectivity index (χ2n) is 11.5. The minimum absolute atomic E-state index is 0.0632. The molecule has 212 valence electrons. The number of aromatic nitrogens is 5. The lowest BCUT2D eigenvalue weighted by Gasteiger charge is -2.35. The Labute approximate surface area is 235 Å². The number of benzene rings is 2. The lowest BCUT2D eigenvalue weighted by Crippen LogP contribution is -2.41. The maximum atomic E-state index is 13.9. The van der Waals surface area contributed by atoms with Gasteiger partial charge in [0.25, 0.3) is 5.56 Å². The Bertz CT molecular complexity index is 1520. The summed E-state index contributed by atoms with van der Waals surface area (Å²) >= 11 is 0. The average molecular weight is 545 g/mol. The van der Waals surface area contributed by atoms with E-state index in [4.69, 9.17) is 9.47 Å². The molecule has 1 fully saturated rings. The Hall–Kier alpha value is -3.56. The van der Waals surface area contributed by atoms with Gasteiger partial charge in [-0.1, -0.05) is 30.7 Å². The molecule has 0 amide bonds. The molecule has 3 heterocycles. The van der Waals surface area contributed by atoms with Crippen LogP contribution in [0.4, 0.5) is 0 Å². The van der Waals surface area contributed by atoms with Crippen molar-refractivity contribution in [1.82, 2.24) is 30.1 Å². The zero-order chi connectivity index (χ0) is 28.4. The third-order valence-electron chi connectivity index (χ3n) is 8.17. The van der Waals surface area contributed by atoms with Crippen LogP contribution in [0.1, 0.15) is 74.2 Å². The maximum Gasteiger partial charge on any atom is 0.253 e. The Kier molecular flexibility index (Phi) is 8.05. The minimum Gasteiger partial charge on any atom is -0.497 e. The van der Waals surface area contributed by atoms with Crippen molar-refractivity contribution in [2.75, 3.05) is 20.3 Å². The van der Waals surface area contributed by atoms with Crippen LogP contribution in [0.5, 0.6) is 5.75 Å². The first-order valence-corrected chi connectivity index (χ1v) is 14.1. The van der Waals surface area contributed by atoms with E-state index in [0.717, 1.165) is 59.2 Å². The second-order valence-corrected chi connectivity index (χ2v) is 11.5. The summed E-state index contributed by atoms with van der Waals surface area (Å²) in [4.78, 5) is 19.4. The highest BCUT2D eigenvalue weighted by Gasteiger charge is 2.36. The highest BCUT2D eigenvalue weighted by atomic mass is 16.5. The van der Waals surface area contributed by atoms with E-state index in [-0.39, 0.29) is 17.2 Å². The second kappa shape index (κ2) is 11.5. The van der Waals surface area contributed by atoms with Crippen LogP contribution in [-0.4, -0.2) is 56.5 Å². The van der Waals surface area contributed by atoms with E-state index in [0.29, 0.717) is 24.5 Å². The molecular formula is C31H40N6O3. The van der Waals surface area contributed by atoms with Crippen molar-refractivity contribution in [2.45, 2.75) is 78.1 Å². The number of ether oxygens (including phenoxy) is 2. The van der Waals surface area contributed by atoms with E-state index < -0.39 is 6.04 Å². The highest BCUT2D eigenvalue weighted by molar-refractivity contribution is 5.83. The highest BCUT2D eigenvalue weighted by Crippen LogP contribution is 2.33. The van der Waals surface area contributed by atoms with E-state index in [2.05, 4.69) is 77.4 Å². The van der Waals surface area contributed by atoms with E-state index in [1.807, 2.05) is 29.8 Å². The number of hydrogen-bond acceptors (Lipinski definition) is 7. The van der Waals surface area contributed by atoms with Crippen LogP contribution in [0.3, 0.4) is 0 Å². The zero-order valence-electron chi connectivity index (χ0n) is 24.4. The molecule has 0 aliphatic carbocycles. The van der Waals surface area contributed by atoms with E-state index in [1.165, 1.54) is 0 Å². The Morgan fingerprint density at radius 3 is 2.65 bits per heavy atom. The standard InChI is InChI=1S/C31H40N6O3/c1-7-31(4,5)37-29(33-34-35-37)28(26-17-23-16-20(2)15-21(3)27(23)32-30(26)38)36(19-25-9-8-14-40-25)18-22-10-12-24(39-6)13-11-22/h10-13,15-17,25,28H,7-9,14,18-19H2,1-6H3,(H,32,38)/t25-,28+/m1/s1. The number of nitrogens with one attached hydrogen (secondary N) is 1. The fourth-order valence-electron chi connectivity index (χ4n) is 5.63. The van der Waals surface area contributed by atoms with Gasteiger partial charge in [-0.3, -0.25) is 9.69 Å². The number of rotatable bonds is 10. The number of tetrazole rings is 1. The van der Waals surface area contributed by atoms with Crippen molar-refractivity contribution in [3.05, 3.63) is 80.9 Å². The third kappa shape index (κ3) is 5.67. The SMILES string of the molecule is CCC(C)(C)n1nnnc1[C@H](c1cc2cc(C)cc(C)c2[nH]c1=O)N(Cc1ccc(OC)cc1)C[C@H]1CCCO1. The molecule has 2 aromatic heterocycles. The fraction of sp³-hybridized carbons (Fsp3) is 0.484. The van der Waals surface area contributed by atoms with Crippen LogP contribution in [0.25, 0.3) is 10.9 Å². The Morgan fingerprint density at radius 1 is 1.20 bits per heavy atom. The summed E-state index contributed by atoms with van der Waals surface area (Å²) in [7, 11) is 1.67. The number of aromatic amines is 1. The molecule has 9 heteroatoms. The maximum absolute atomic E-state index is 13.9. The summed E-state index contributed by atoms with van der Waals surface area (Å²) in [5.41, 5.74) is 4.28. The summed E-state index contributed by atoms with van der Waals surface area (Å²) in [6.45, 7) is 12.4. The molecule has 4 aromatic rings. The Balaban J connectivity index is 1.70. The van der Waals surface area contributed by atoms with Crippen molar-refractivity contribution in [3.8, 4) is 5.75 Å². The molecule has 9 nitrogen and oxygen atoms in total. The van der Waals surface area contributed by atoms with Gasteiger partial charge in [-0.05, 0) is 98.2 Å². The summed E-state index contributed by atoms with van der Waals surface area (Å²) in [6.07, 6.45) is 2.90. The number of H-pyrrole nitrogens is 1. The topological polar surface area (TPSA) is 98.2 Å². The van der Waals surface area contributed by atoms with Crippen LogP contribution < -0.4 is 10.3 Å². The van der Waals surface area contributed by atoms with Gasteiger partial charge in [0.15, 0.2) is 5.82 Å². The number of aryl methyl sites for hydroxylation is 2. The molecule has 2 atom stereocenters. The summed E-state index contributed by atoms with van der Waals surface area (Å²) in [5.74, 6) is 1.45. The molecule has 0 spiro atoms. The summed E-state index contributed by atoms with van der Waals surface area (Å²) in [6, 6.07) is 13.8. The monoisotopic (exact) mass is 544 g/mol. The van der Waals surface area contributed by atoms with Gasteiger partial charge in [-0.25, -0.2) is 4.68 Å². The molecule has 1 saturated heterocycles. The van der Waals surface area contributed by atoms with Gasteiger partial charge < -0.3 is 14.5 Å². The van der Waals surface area contributed by atoms with E-state index in [9.17, 15) is 4.79 Å². The van der Waals surface area contributed by atoms with Crippen molar-refractivity contribution in [3.63, 3.8) is 0 Å². The summed E-state index contributed by atoms with van der Waals surface area (Å²) < 4.78 is 13.4. The first-order chi connectivity index (χ1) is 19.2.